The van der Waals surface area contributed by atoms with Crippen LogP contribution in [-0.2, 0) is 0 Å². The third-order valence-electron chi connectivity index (χ3n) is 2.59. The molecule has 4 heteroatoms. The maximum Gasteiger partial charge on any atom is 0.0897 e. The maximum atomic E-state index is 9.26. The van der Waals surface area contributed by atoms with Crippen molar-refractivity contribution in [2.24, 2.45) is 0 Å². The summed E-state index contributed by atoms with van der Waals surface area (Å²) >= 11 is 0. The lowest BCUT2D eigenvalue weighted by Crippen LogP contribution is -2.47. The average Bonchev–Trinajstić information content (AvgIpc) is 2.18. The van der Waals surface area contributed by atoms with Crippen LogP contribution in [0.2, 0.25) is 0 Å². The van der Waals surface area contributed by atoms with E-state index in [1.165, 1.54) is 12.8 Å². The number of piperidine rings is 1. The highest BCUT2D eigenvalue weighted by molar-refractivity contribution is 4.78. The van der Waals surface area contributed by atoms with Gasteiger partial charge in [0.05, 0.1) is 12.7 Å². The molecule has 3 N–H and O–H groups in total. The van der Waals surface area contributed by atoms with Crippen molar-refractivity contribution in [3.8, 4) is 0 Å². The molecule has 0 aromatic rings. The number of hydrogen-bond donors (Lipinski definition) is 3. The minimum atomic E-state index is -0.587. The molecule has 78 valence electrons. The van der Waals surface area contributed by atoms with Crippen LogP contribution >= 0.6 is 0 Å². The quantitative estimate of drug-likeness (QED) is 0.531. The van der Waals surface area contributed by atoms with E-state index >= 15 is 0 Å². The molecule has 13 heavy (non-hydrogen) atoms. The molecular formula is C9H20N2O2. The Hall–Kier alpha value is -0.160. The van der Waals surface area contributed by atoms with Crippen LogP contribution < -0.4 is 5.32 Å². The summed E-state index contributed by atoms with van der Waals surface area (Å²) in [6.45, 7) is 2.47. The third kappa shape index (κ3) is 3.60. The molecule has 0 aromatic heterocycles. The second-order valence-corrected chi connectivity index (χ2v) is 3.72. The summed E-state index contributed by atoms with van der Waals surface area (Å²) in [5.74, 6) is 0. The predicted octanol–water partition coefficient (Wildman–Crippen LogP) is -0.977. The van der Waals surface area contributed by atoms with Gasteiger partial charge < -0.3 is 15.5 Å². The first-order valence-corrected chi connectivity index (χ1v) is 4.94. The van der Waals surface area contributed by atoms with Crippen LogP contribution in [0.5, 0.6) is 0 Å². The van der Waals surface area contributed by atoms with E-state index in [0.717, 1.165) is 13.1 Å². The Morgan fingerprint density at radius 2 is 2.38 bits per heavy atom. The Morgan fingerprint density at radius 1 is 1.62 bits per heavy atom. The second kappa shape index (κ2) is 5.54. The highest BCUT2D eigenvalue weighted by Crippen LogP contribution is 2.09. The number of rotatable bonds is 4. The lowest BCUT2D eigenvalue weighted by atomic mass is 10.1. The zero-order valence-corrected chi connectivity index (χ0v) is 8.24. The first-order chi connectivity index (χ1) is 6.26. The van der Waals surface area contributed by atoms with Gasteiger partial charge in [0.15, 0.2) is 0 Å². The minimum Gasteiger partial charge on any atom is -0.394 e. The Balaban J connectivity index is 2.25. The van der Waals surface area contributed by atoms with Gasteiger partial charge in [-0.25, -0.2) is 0 Å². The fourth-order valence-corrected chi connectivity index (χ4v) is 1.81. The SMILES string of the molecule is CNC1CCCN(CC(O)CO)C1. The van der Waals surface area contributed by atoms with Crippen LogP contribution in [0.25, 0.3) is 0 Å². The van der Waals surface area contributed by atoms with Crippen LogP contribution in [-0.4, -0.2) is 60.5 Å². The van der Waals surface area contributed by atoms with Crippen LogP contribution in [0.1, 0.15) is 12.8 Å². The van der Waals surface area contributed by atoms with E-state index in [4.69, 9.17) is 5.11 Å². The highest BCUT2D eigenvalue weighted by Gasteiger charge is 2.19. The number of aliphatic hydroxyl groups excluding tert-OH is 2. The zero-order valence-electron chi connectivity index (χ0n) is 8.24. The summed E-state index contributed by atoms with van der Waals surface area (Å²) < 4.78 is 0. The monoisotopic (exact) mass is 188 g/mol. The summed E-state index contributed by atoms with van der Waals surface area (Å²) in [6, 6.07) is 0.541. The lowest BCUT2D eigenvalue weighted by Gasteiger charge is -2.33. The van der Waals surface area contributed by atoms with E-state index in [0.29, 0.717) is 12.6 Å². The highest BCUT2D eigenvalue weighted by atomic mass is 16.3. The van der Waals surface area contributed by atoms with E-state index in [1.807, 2.05) is 7.05 Å². The van der Waals surface area contributed by atoms with Crippen molar-refractivity contribution in [1.29, 1.82) is 0 Å². The van der Waals surface area contributed by atoms with Gasteiger partial charge in [0.1, 0.15) is 0 Å². The second-order valence-electron chi connectivity index (χ2n) is 3.72. The van der Waals surface area contributed by atoms with Crippen molar-refractivity contribution >= 4 is 0 Å². The largest absolute Gasteiger partial charge is 0.394 e. The molecule has 2 atom stereocenters. The summed E-state index contributed by atoms with van der Waals surface area (Å²) in [7, 11) is 1.97. The van der Waals surface area contributed by atoms with E-state index < -0.39 is 6.10 Å². The van der Waals surface area contributed by atoms with Gasteiger partial charge in [-0.05, 0) is 26.4 Å². The molecule has 1 aliphatic heterocycles. The molecule has 1 saturated heterocycles. The number of hydrogen-bond acceptors (Lipinski definition) is 4. The van der Waals surface area contributed by atoms with Crippen molar-refractivity contribution in [3.05, 3.63) is 0 Å². The average molecular weight is 188 g/mol. The van der Waals surface area contributed by atoms with E-state index in [-0.39, 0.29) is 6.61 Å². The smallest absolute Gasteiger partial charge is 0.0897 e. The van der Waals surface area contributed by atoms with Gasteiger partial charge in [-0.1, -0.05) is 0 Å². The standard InChI is InChI=1S/C9H20N2O2/c1-10-8-3-2-4-11(5-8)6-9(13)7-12/h8-10,12-13H,2-7H2,1H3. The van der Waals surface area contributed by atoms with E-state index in [9.17, 15) is 5.11 Å². The molecular weight excluding hydrogens is 168 g/mol. The van der Waals surface area contributed by atoms with Crippen molar-refractivity contribution < 1.29 is 10.2 Å². The molecule has 1 rings (SSSR count). The van der Waals surface area contributed by atoms with Gasteiger partial charge in [-0.3, -0.25) is 4.90 Å². The number of likely N-dealkylation sites (N-methyl/N-ethyl adjacent to an activating group) is 1. The summed E-state index contributed by atoms with van der Waals surface area (Å²) in [6.07, 6.45) is 1.79. The summed E-state index contributed by atoms with van der Waals surface area (Å²) in [5, 5.41) is 21.2. The number of aliphatic hydroxyl groups is 2. The van der Waals surface area contributed by atoms with Crippen molar-refractivity contribution in [2.45, 2.75) is 25.0 Å². The van der Waals surface area contributed by atoms with Crippen molar-refractivity contribution in [2.75, 3.05) is 33.3 Å². The number of likely N-dealkylation sites (tertiary alicyclic amines) is 1. The van der Waals surface area contributed by atoms with Gasteiger partial charge in [-0.2, -0.15) is 0 Å². The lowest BCUT2D eigenvalue weighted by molar-refractivity contribution is 0.0488. The normalized spacial score (nSPS) is 27.5. The molecule has 0 aliphatic carbocycles. The number of nitrogens with one attached hydrogen (secondary N) is 1. The van der Waals surface area contributed by atoms with Crippen LogP contribution in [0, 0.1) is 0 Å². The molecule has 0 spiro atoms. The molecule has 1 fully saturated rings. The maximum absolute atomic E-state index is 9.26. The molecule has 0 aromatic carbocycles. The van der Waals surface area contributed by atoms with Gasteiger partial charge in [-0.15, -0.1) is 0 Å². The van der Waals surface area contributed by atoms with Gasteiger partial charge in [0, 0.05) is 19.1 Å². The fraction of sp³-hybridized carbons (Fsp3) is 1.00. The number of β-amino-alcohol motifs (C(OH)–C–C–N with tert-alkyl or cyclic N) is 1. The minimum absolute atomic E-state index is 0.138. The molecule has 1 aliphatic rings. The molecule has 4 nitrogen and oxygen atoms in total. The Labute approximate surface area is 79.6 Å². The third-order valence-corrected chi connectivity index (χ3v) is 2.59. The van der Waals surface area contributed by atoms with Gasteiger partial charge in [0.25, 0.3) is 0 Å². The topological polar surface area (TPSA) is 55.7 Å². The van der Waals surface area contributed by atoms with Gasteiger partial charge in [0.2, 0.25) is 0 Å². The number of nitrogens with zero attached hydrogens (tertiary/aromatic N) is 1. The van der Waals surface area contributed by atoms with Crippen LogP contribution in [0.15, 0.2) is 0 Å². The first-order valence-electron chi connectivity index (χ1n) is 4.94. The van der Waals surface area contributed by atoms with Crippen molar-refractivity contribution in [3.63, 3.8) is 0 Å². The fourth-order valence-electron chi connectivity index (χ4n) is 1.81. The Morgan fingerprint density at radius 3 is 3.00 bits per heavy atom. The molecule has 0 saturated carbocycles. The molecule has 1 heterocycles. The summed E-state index contributed by atoms with van der Waals surface area (Å²) in [5.41, 5.74) is 0. The molecule has 0 amide bonds. The van der Waals surface area contributed by atoms with Crippen LogP contribution in [0.4, 0.5) is 0 Å². The molecule has 0 radical (unpaired) electrons. The van der Waals surface area contributed by atoms with Gasteiger partial charge >= 0.3 is 0 Å². The Kier molecular flexibility index (Phi) is 4.66. The van der Waals surface area contributed by atoms with E-state index in [2.05, 4.69) is 10.2 Å². The van der Waals surface area contributed by atoms with Crippen LogP contribution in [0.3, 0.4) is 0 Å². The first kappa shape index (κ1) is 10.9. The van der Waals surface area contributed by atoms with Crippen molar-refractivity contribution in [1.82, 2.24) is 10.2 Å². The Bertz CT molecular complexity index is 142. The molecule has 2 unspecified atom stereocenters. The zero-order chi connectivity index (χ0) is 9.68. The summed E-state index contributed by atoms with van der Waals surface area (Å²) in [4.78, 5) is 2.20. The predicted molar refractivity (Wildman–Crippen MR) is 51.6 cm³/mol. The molecule has 0 bridgehead atoms. The van der Waals surface area contributed by atoms with E-state index in [1.54, 1.807) is 0 Å².